The zero-order valence-corrected chi connectivity index (χ0v) is 11.0. The first-order valence-corrected chi connectivity index (χ1v) is 6.71. The molecule has 88 valence electrons. The molecule has 0 atom stereocenters. The molecule has 1 aromatic rings. The number of hydrogen-bond acceptors (Lipinski definition) is 6. The first kappa shape index (κ1) is 13.1. The number of esters is 1. The van der Waals surface area contributed by atoms with Gasteiger partial charge in [0.05, 0.1) is 21.4 Å². The minimum Gasteiger partial charge on any atom is -0.462 e. The highest BCUT2D eigenvalue weighted by Crippen LogP contribution is 2.37. The van der Waals surface area contributed by atoms with Crippen molar-refractivity contribution in [2.75, 3.05) is 18.6 Å². The van der Waals surface area contributed by atoms with Crippen molar-refractivity contribution < 1.29 is 14.3 Å². The molecule has 0 saturated heterocycles. The molecule has 1 heterocycles. The van der Waals surface area contributed by atoms with Gasteiger partial charge >= 0.3 is 5.97 Å². The van der Waals surface area contributed by atoms with Gasteiger partial charge in [0.2, 0.25) is 0 Å². The van der Waals surface area contributed by atoms with E-state index in [4.69, 9.17) is 10.5 Å². The minimum atomic E-state index is -0.465. The Bertz CT molecular complexity index is 426. The molecule has 0 aliphatic rings. The Kier molecular flexibility index (Phi) is 4.37. The van der Waals surface area contributed by atoms with Gasteiger partial charge in [-0.1, -0.05) is 0 Å². The summed E-state index contributed by atoms with van der Waals surface area (Å²) in [6, 6.07) is 0. The molecule has 0 spiro atoms. The van der Waals surface area contributed by atoms with Gasteiger partial charge in [0.25, 0.3) is 0 Å². The Labute approximate surface area is 102 Å². The predicted molar refractivity (Wildman–Crippen MR) is 66.5 cm³/mol. The summed E-state index contributed by atoms with van der Waals surface area (Å²) in [7, 11) is 0. The Morgan fingerprint density at radius 3 is 2.56 bits per heavy atom. The summed E-state index contributed by atoms with van der Waals surface area (Å²) >= 11 is 2.62. The number of ether oxygens (including phenoxy) is 1. The number of ketones is 1. The van der Waals surface area contributed by atoms with Crippen LogP contribution in [-0.4, -0.2) is 24.6 Å². The Morgan fingerprint density at radius 2 is 2.12 bits per heavy atom. The highest BCUT2D eigenvalue weighted by atomic mass is 32.2. The van der Waals surface area contributed by atoms with Gasteiger partial charge in [0, 0.05) is 6.92 Å². The van der Waals surface area contributed by atoms with Gasteiger partial charge in [0.15, 0.2) is 5.78 Å². The van der Waals surface area contributed by atoms with Crippen LogP contribution in [0.25, 0.3) is 0 Å². The van der Waals surface area contributed by atoms with E-state index < -0.39 is 5.97 Å². The van der Waals surface area contributed by atoms with Crippen LogP contribution < -0.4 is 5.73 Å². The lowest BCUT2D eigenvalue weighted by Gasteiger charge is -2.02. The highest BCUT2D eigenvalue weighted by Gasteiger charge is 2.24. The van der Waals surface area contributed by atoms with E-state index >= 15 is 0 Å². The number of hydrogen-bond donors (Lipinski definition) is 1. The van der Waals surface area contributed by atoms with Crippen LogP contribution in [0.15, 0.2) is 4.21 Å². The fourth-order valence-electron chi connectivity index (χ4n) is 1.22. The second-order valence-electron chi connectivity index (χ2n) is 2.99. The molecule has 0 saturated carbocycles. The van der Waals surface area contributed by atoms with Crippen molar-refractivity contribution >= 4 is 40.5 Å². The summed E-state index contributed by atoms with van der Waals surface area (Å²) in [5, 5.41) is 0. The maximum atomic E-state index is 11.7. The van der Waals surface area contributed by atoms with Crippen LogP contribution in [0.3, 0.4) is 0 Å². The first-order valence-electron chi connectivity index (χ1n) is 4.67. The van der Waals surface area contributed by atoms with E-state index in [0.29, 0.717) is 10.4 Å². The highest BCUT2D eigenvalue weighted by molar-refractivity contribution is 8.00. The van der Waals surface area contributed by atoms with E-state index in [-0.39, 0.29) is 18.1 Å². The molecule has 0 amide bonds. The normalized spacial score (nSPS) is 10.2. The molecule has 0 fully saturated rings. The van der Waals surface area contributed by atoms with Crippen molar-refractivity contribution in [3.63, 3.8) is 0 Å². The molecule has 16 heavy (non-hydrogen) atoms. The summed E-state index contributed by atoms with van der Waals surface area (Å²) in [5.74, 6) is -0.596. The lowest BCUT2D eigenvalue weighted by Crippen LogP contribution is -2.08. The zero-order chi connectivity index (χ0) is 12.3. The average Bonchev–Trinajstić information content (AvgIpc) is 2.55. The maximum absolute atomic E-state index is 11.7. The molecule has 6 heteroatoms. The van der Waals surface area contributed by atoms with Crippen LogP contribution in [0.1, 0.15) is 33.9 Å². The van der Waals surface area contributed by atoms with E-state index in [1.165, 1.54) is 30.0 Å². The van der Waals surface area contributed by atoms with Crippen LogP contribution in [-0.2, 0) is 4.74 Å². The summed E-state index contributed by atoms with van der Waals surface area (Å²) in [6.07, 6.45) is 1.83. The predicted octanol–water partition coefficient (Wildman–Crippen LogP) is 2.43. The van der Waals surface area contributed by atoms with Crippen molar-refractivity contribution in [1.82, 2.24) is 0 Å². The Balaban J connectivity index is 3.25. The number of carbonyl (C=O) groups excluding carboxylic acids is 2. The molecule has 4 nitrogen and oxygen atoms in total. The van der Waals surface area contributed by atoms with Gasteiger partial charge in [-0.2, -0.15) is 0 Å². The van der Waals surface area contributed by atoms with Crippen LogP contribution in [0.2, 0.25) is 0 Å². The van der Waals surface area contributed by atoms with Gasteiger partial charge < -0.3 is 10.5 Å². The van der Waals surface area contributed by atoms with Crippen LogP contribution in [0.4, 0.5) is 5.69 Å². The Morgan fingerprint density at radius 1 is 1.50 bits per heavy atom. The zero-order valence-electron chi connectivity index (χ0n) is 9.33. The second-order valence-corrected chi connectivity index (χ2v) is 5.08. The third-order valence-corrected chi connectivity index (χ3v) is 4.32. The van der Waals surface area contributed by atoms with E-state index in [2.05, 4.69) is 0 Å². The van der Waals surface area contributed by atoms with Crippen LogP contribution >= 0.6 is 23.1 Å². The fraction of sp³-hybridized carbons (Fsp3) is 0.400. The third-order valence-electron chi connectivity index (χ3n) is 1.90. The largest absolute Gasteiger partial charge is 0.462 e. The fourth-order valence-corrected chi connectivity index (χ4v) is 3.04. The van der Waals surface area contributed by atoms with Crippen molar-refractivity contribution in [2.45, 2.75) is 18.1 Å². The lowest BCUT2D eigenvalue weighted by atomic mass is 10.2. The number of carbonyl (C=O) groups is 2. The van der Waals surface area contributed by atoms with Gasteiger partial charge in [-0.15, -0.1) is 23.1 Å². The van der Waals surface area contributed by atoms with Gasteiger partial charge in [-0.25, -0.2) is 4.79 Å². The number of nitrogens with two attached hydrogens (primary N) is 1. The van der Waals surface area contributed by atoms with E-state index in [9.17, 15) is 9.59 Å². The summed E-state index contributed by atoms with van der Waals surface area (Å²) in [6.45, 7) is 3.45. The second kappa shape index (κ2) is 5.36. The number of thiophene rings is 1. The third kappa shape index (κ3) is 2.38. The van der Waals surface area contributed by atoms with Crippen molar-refractivity contribution in [3.05, 3.63) is 10.4 Å². The first-order chi connectivity index (χ1) is 7.52. The number of thioether (sulfide) groups is 1. The standard InChI is InChI=1S/C10H13NO3S2/c1-4-14-9(13)6-7(11)8(5(2)12)16-10(6)15-3/h4,11H2,1-3H3. The molecule has 0 aliphatic heterocycles. The van der Waals surface area contributed by atoms with E-state index in [0.717, 1.165) is 4.21 Å². The number of anilines is 1. The Hall–Kier alpha value is -1.01. The summed E-state index contributed by atoms with van der Waals surface area (Å²) < 4.78 is 5.63. The van der Waals surface area contributed by atoms with Crippen molar-refractivity contribution in [1.29, 1.82) is 0 Å². The van der Waals surface area contributed by atoms with Gasteiger partial charge in [-0.3, -0.25) is 4.79 Å². The number of rotatable bonds is 4. The van der Waals surface area contributed by atoms with Gasteiger partial charge in [-0.05, 0) is 13.2 Å². The smallest absolute Gasteiger partial charge is 0.342 e. The maximum Gasteiger partial charge on any atom is 0.342 e. The monoisotopic (exact) mass is 259 g/mol. The molecule has 0 unspecified atom stereocenters. The molecular formula is C10H13NO3S2. The number of Topliss-reactive ketones (excluding diaryl/α,β-unsaturated/α-hetero) is 1. The molecule has 0 radical (unpaired) electrons. The quantitative estimate of drug-likeness (QED) is 0.511. The SMILES string of the molecule is CCOC(=O)c1c(SC)sc(C(C)=O)c1N. The van der Waals surface area contributed by atoms with Crippen LogP contribution in [0, 0.1) is 0 Å². The van der Waals surface area contributed by atoms with E-state index in [1.807, 2.05) is 6.26 Å². The van der Waals surface area contributed by atoms with Crippen LogP contribution in [0.5, 0.6) is 0 Å². The molecule has 0 aliphatic carbocycles. The van der Waals surface area contributed by atoms with Crippen molar-refractivity contribution in [2.24, 2.45) is 0 Å². The average molecular weight is 259 g/mol. The molecular weight excluding hydrogens is 246 g/mol. The molecule has 0 bridgehead atoms. The summed E-state index contributed by atoms with van der Waals surface area (Å²) in [4.78, 5) is 23.4. The van der Waals surface area contributed by atoms with Gasteiger partial charge in [0.1, 0.15) is 5.56 Å². The molecule has 0 aromatic carbocycles. The number of nitrogen functional groups attached to an aromatic ring is 1. The summed E-state index contributed by atoms with van der Waals surface area (Å²) in [5.41, 5.74) is 6.35. The van der Waals surface area contributed by atoms with E-state index in [1.54, 1.807) is 6.92 Å². The topological polar surface area (TPSA) is 69.4 Å². The minimum absolute atomic E-state index is 0.131. The molecule has 1 rings (SSSR count). The lowest BCUT2D eigenvalue weighted by molar-refractivity contribution is 0.0524. The van der Waals surface area contributed by atoms with Crippen molar-refractivity contribution in [3.8, 4) is 0 Å². The molecule has 2 N–H and O–H groups in total. The molecule has 1 aromatic heterocycles.